The average molecular weight is 454 g/mol. The molecular formula is C20H27N3O3S3. The first kappa shape index (κ1) is 21.0. The number of hydrogen-bond acceptors (Lipinski definition) is 5. The monoisotopic (exact) mass is 453 g/mol. The number of aromatic nitrogens is 1. The van der Waals surface area contributed by atoms with Gasteiger partial charge >= 0.3 is 0 Å². The molecule has 158 valence electrons. The summed E-state index contributed by atoms with van der Waals surface area (Å²) < 4.78 is 27.9. The zero-order chi connectivity index (χ0) is 20.6. The Hall–Kier alpha value is -1.29. The number of rotatable bonds is 5. The molecule has 2 aromatic rings. The third-order valence-electron chi connectivity index (χ3n) is 5.92. The molecular weight excluding hydrogens is 426 g/mol. The van der Waals surface area contributed by atoms with Crippen molar-refractivity contribution in [2.45, 2.75) is 38.0 Å². The van der Waals surface area contributed by atoms with Crippen LogP contribution in [0.15, 0.2) is 24.5 Å². The minimum atomic E-state index is -3.20. The summed E-state index contributed by atoms with van der Waals surface area (Å²) in [5.74, 6) is 2.24. The number of piperidine rings is 1. The van der Waals surface area contributed by atoms with Crippen LogP contribution in [0.5, 0.6) is 0 Å². The maximum Gasteiger partial charge on any atom is 0.257 e. The van der Waals surface area contributed by atoms with Crippen LogP contribution in [0, 0.1) is 0 Å². The largest absolute Gasteiger partial charge is 0.338 e. The lowest BCUT2D eigenvalue weighted by Gasteiger charge is -2.36. The number of likely N-dealkylation sites (tertiary alicyclic amines) is 1. The highest BCUT2D eigenvalue weighted by Crippen LogP contribution is 2.39. The Morgan fingerprint density at radius 3 is 2.59 bits per heavy atom. The average Bonchev–Trinajstić information content (AvgIpc) is 3.40. The molecule has 0 aromatic carbocycles. The van der Waals surface area contributed by atoms with E-state index in [0.29, 0.717) is 25.9 Å². The summed E-state index contributed by atoms with van der Waals surface area (Å²) in [4.78, 5) is 16.8. The first-order chi connectivity index (χ1) is 13.9. The number of fused-ring (bicyclic) bond motifs is 1. The van der Waals surface area contributed by atoms with Crippen molar-refractivity contribution in [3.8, 4) is 5.00 Å². The Bertz CT molecular complexity index is 974. The molecule has 4 heterocycles. The number of nitrogens with zero attached hydrogens (tertiary/aromatic N) is 3. The number of carbonyl (C=O) groups excluding carboxylic acids is 1. The van der Waals surface area contributed by atoms with Crippen LogP contribution in [0.2, 0.25) is 0 Å². The predicted molar refractivity (Wildman–Crippen MR) is 120 cm³/mol. The molecule has 2 aliphatic rings. The maximum absolute atomic E-state index is 13.6. The fraction of sp³-hybridized carbons (Fsp3) is 0.550. The lowest BCUT2D eigenvalue weighted by molar-refractivity contribution is 0.0685. The highest BCUT2D eigenvalue weighted by atomic mass is 32.2. The SMILES string of the molecule is CCS(=O)(=O)N(C)C1CCN(C(=O)c2c(-n3cccc3)sc3c2CCSC3)CC1. The minimum Gasteiger partial charge on any atom is -0.338 e. The second kappa shape index (κ2) is 8.45. The van der Waals surface area contributed by atoms with Crippen LogP contribution in [-0.4, -0.2) is 65.8 Å². The second-order valence-corrected chi connectivity index (χ2v) is 12.0. The zero-order valence-corrected chi connectivity index (χ0v) is 19.3. The highest BCUT2D eigenvalue weighted by Gasteiger charge is 2.34. The van der Waals surface area contributed by atoms with Crippen LogP contribution < -0.4 is 0 Å². The quantitative estimate of drug-likeness (QED) is 0.697. The molecule has 1 fully saturated rings. The van der Waals surface area contributed by atoms with E-state index in [1.165, 1.54) is 14.7 Å². The summed E-state index contributed by atoms with van der Waals surface area (Å²) in [6.07, 6.45) is 6.30. The molecule has 0 bridgehead atoms. The normalized spacial score (nSPS) is 18.2. The van der Waals surface area contributed by atoms with E-state index < -0.39 is 10.0 Å². The summed E-state index contributed by atoms with van der Waals surface area (Å²) in [6.45, 7) is 2.86. The van der Waals surface area contributed by atoms with E-state index >= 15 is 0 Å². The van der Waals surface area contributed by atoms with E-state index in [1.807, 2.05) is 41.2 Å². The molecule has 29 heavy (non-hydrogen) atoms. The van der Waals surface area contributed by atoms with Crippen molar-refractivity contribution in [1.29, 1.82) is 0 Å². The lowest BCUT2D eigenvalue weighted by atomic mass is 10.0. The first-order valence-electron chi connectivity index (χ1n) is 10.0. The van der Waals surface area contributed by atoms with E-state index in [0.717, 1.165) is 28.5 Å². The van der Waals surface area contributed by atoms with E-state index in [1.54, 1.807) is 25.3 Å². The molecule has 1 amide bonds. The molecule has 9 heteroatoms. The van der Waals surface area contributed by atoms with Gasteiger partial charge in [0.15, 0.2) is 0 Å². The van der Waals surface area contributed by atoms with Gasteiger partial charge in [0.05, 0.1) is 11.3 Å². The number of carbonyl (C=O) groups is 1. The molecule has 0 radical (unpaired) electrons. The minimum absolute atomic E-state index is 0.0271. The Morgan fingerprint density at radius 1 is 1.24 bits per heavy atom. The van der Waals surface area contributed by atoms with Crippen molar-refractivity contribution in [3.63, 3.8) is 0 Å². The van der Waals surface area contributed by atoms with Crippen LogP contribution in [-0.2, 0) is 22.2 Å². The lowest BCUT2D eigenvalue weighted by Crippen LogP contribution is -2.47. The molecule has 0 atom stereocenters. The fourth-order valence-electron chi connectivity index (χ4n) is 4.11. The summed E-state index contributed by atoms with van der Waals surface area (Å²) in [5.41, 5.74) is 2.07. The zero-order valence-electron chi connectivity index (χ0n) is 16.8. The van der Waals surface area contributed by atoms with Gasteiger partial charge in [0, 0.05) is 49.2 Å². The Morgan fingerprint density at radius 2 is 1.93 bits per heavy atom. The molecule has 0 N–H and O–H groups in total. The molecule has 0 aliphatic carbocycles. The predicted octanol–water partition coefficient (Wildman–Crippen LogP) is 3.21. The Kier molecular flexibility index (Phi) is 6.11. The van der Waals surface area contributed by atoms with E-state index in [9.17, 15) is 13.2 Å². The van der Waals surface area contributed by atoms with Gasteiger partial charge in [-0.15, -0.1) is 11.3 Å². The smallest absolute Gasteiger partial charge is 0.257 e. The fourth-order valence-corrected chi connectivity index (χ4v) is 7.62. The Balaban J connectivity index is 1.56. The van der Waals surface area contributed by atoms with Crippen LogP contribution in [0.1, 0.15) is 40.6 Å². The number of thiophene rings is 1. The van der Waals surface area contributed by atoms with Crippen molar-refractivity contribution < 1.29 is 13.2 Å². The van der Waals surface area contributed by atoms with Crippen LogP contribution >= 0.6 is 23.1 Å². The third-order valence-corrected chi connectivity index (χ3v) is 10.2. The van der Waals surface area contributed by atoms with Crippen molar-refractivity contribution in [1.82, 2.24) is 13.8 Å². The summed E-state index contributed by atoms with van der Waals surface area (Å²) in [5, 5.41) is 1.01. The van der Waals surface area contributed by atoms with Gasteiger partial charge in [0.1, 0.15) is 5.00 Å². The van der Waals surface area contributed by atoms with Gasteiger partial charge in [-0.05, 0) is 49.6 Å². The van der Waals surface area contributed by atoms with Crippen LogP contribution in [0.25, 0.3) is 5.00 Å². The molecule has 2 aromatic heterocycles. The van der Waals surface area contributed by atoms with Gasteiger partial charge in [0.2, 0.25) is 10.0 Å². The molecule has 1 saturated heterocycles. The van der Waals surface area contributed by atoms with Crippen molar-refractivity contribution >= 4 is 39.0 Å². The first-order valence-corrected chi connectivity index (χ1v) is 13.6. The topological polar surface area (TPSA) is 62.6 Å². The Labute approximate surface area is 180 Å². The van der Waals surface area contributed by atoms with Gasteiger partial charge in [-0.1, -0.05) is 0 Å². The van der Waals surface area contributed by atoms with Gasteiger partial charge in [0.25, 0.3) is 5.91 Å². The second-order valence-electron chi connectivity index (χ2n) is 7.52. The summed E-state index contributed by atoms with van der Waals surface area (Å²) >= 11 is 3.66. The van der Waals surface area contributed by atoms with Gasteiger partial charge in [-0.2, -0.15) is 11.8 Å². The van der Waals surface area contributed by atoms with E-state index in [4.69, 9.17) is 0 Å². The highest BCUT2D eigenvalue weighted by molar-refractivity contribution is 7.98. The summed E-state index contributed by atoms with van der Waals surface area (Å²) in [6, 6.07) is 3.94. The van der Waals surface area contributed by atoms with E-state index in [2.05, 4.69) is 4.57 Å². The molecule has 2 aliphatic heterocycles. The van der Waals surface area contributed by atoms with E-state index in [-0.39, 0.29) is 17.7 Å². The van der Waals surface area contributed by atoms with Gasteiger partial charge in [-0.3, -0.25) is 4.79 Å². The van der Waals surface area contributed by atoms with Gasteiger partial charge < -0.3 is 9.47 Å². The third kappa shape index (κ3) is 4.02. The molecule has 4 rings (SSSR count). The molecule has 6 nitrogen and oxygen atoms in total. The summed E-state index contributed by atoms with van der Waals surface area (Å²) in [7, 11) is -1.54. The van der Waals surface area contributed by atoms with Crippen molar-refractivity contribution in [2.24, 2.45) is 0 Å². The number of thioether (sulfide) groups is 1. The number of hydrogen-bond donors (Lipinski definition) is 0. The van der Waals surface area contributed by atoms with Crippen LogP contribution in [0.3, 0.4) is 0 Å². The standard InChI is InChI=1S/C20H27N3O3S3/c1-3-29(25,26)21(2)15-6-11-22(12-7-15)19(24)18-16-8-13-27-14-17(16)28-20(18)23-9-4-5-10-23/h4-5,9-10,15H,3,6-8,11-14H2,1-2H3. The molecule has 0 saturated carbocycles. The van der Waals surface area contributed by atoms with Crippen LogP contribution in [0.4, 0.5) is 0 Å². The molecule has 0 spiro atoms. The number of amides is 1. The van der Waals surface area contributed by atoms with Gasteiger partial charge in [-0.25, -0.2) is 12.7 Å². The number of sulfonamides is 1. The molecule has 0 unspecified atom stereocenters. The van der Waals surface area contributed by atoms with Crippen molar-refractivity contribution in [2.75, 3.05) is 31.6 Å². The maximum atomic E-state index is 13.6. The van der Waals surface area contributed by atoms with Crippen molar-refractivity contribution in [3.05, 3.63) is 40.5 Å².